The minimum absolute atomic E-state index is 0.103. The standard InChI is InChI=1S/C6H11F2I/c1-5(2,3)6(7,8)4-9/h4H2,1-3H3. The van der Waals surface area contributed by atoms with Crippen LogP contribution in [0.4, 0.5) is 8.78 Å². The van der Waals surface area contributed by atoms with E-state index in [9.17, 15) is 8.78 Å². The Morgan fingerprint density at radius 1 is 1.22 bits per heavy atom. The summed E-state index contributed by atoms with van der Waals surface area (Å²) in [5.41, 5.74) is -0.895. The van der Waals surface area contributed by atoms with Crippen LogP contribution in [0.25, 0.3) is 0 Å². The number of hydrogen-bond acceptors (Lipinski definition) is 0. The Labute approximate surface area is 68.2 Å². The third-order valence-corrected chi connectivity index (χ3v) is 2.22. The molecule has 0 aromatic heterocycles. The lowest BCUT2D eigenvalue weighted by molar-refractivity contribution is -0.0711. The average Bonchev–Trinajstić information content (AvgIpc) is 1.64. The lowest BCUT2D eigenvalue weighted by atomic mass is 9.89. The molecule has 0 unspecified atom stereocenters. The molecule has 0 N–H and O–H groups in total. The molecule has 9 heavy (non-hydrogen) atoms. The summed E-state index contributed by atoms with van der Waals surface area (Å²) >= 11 is 1.71. The van der Waals surface area contributed by atoms with Crippen LogP contribution in [0.1, 0.15) is 20.8 Å². The van der Waals surface area contributed by atoms with Crippen LogP contribution in [-0.4, -0.2) is 10.4 Å². The molecule has 0 aromatic rings. The first kappa shape index (κ1) is 9.59. The first-order valence-corrected chi connectivity index (χ1v) is 4.27. The van der Waals surface area contributed by atoms with Gasteiger partial charge < -0.3 is 0 Å². The highest BCUT2D eigenvalue weighted by Crippen LogP contribution is 2.36. The van der Waals surface area contributed by atoms with E-state index in [-0.39, 0.29) is 4.43 Å². The van der Waals surface area contributed by atoms with Crippen molar-refractivity contribution in [3.05, 3.63) is 0 Å². The molecule has 3 heteroatoms. The van der Waals surface area contributed by atoms with Gasteiger partial charge >= 0.3 is 0 Å². The molecule has 0 fully saturated rings. The molecule has 0 saturated carbocycles. The van der Waals surface area contributed by atoms with Crippen molar-refractivity contribution in [3.8, 4) is 0 Å². The monoisotopic (exact) mass is 248 g/mol. The average molecular weight is 248 g/mol. The molecule has 0 rings (SSSR count). The highest BCUT2D eigenvalue weighted by molar-refractivity contribution is 14.1. The summed E-state index contributed by atoms with van der Waals surface area (Å²) in [5.74, 6) is -2.53. The SMILES string of the molecule is CC(C)(C)C(F)(F)CI. The molecule has 0 spiro atoms. The first-order chi connectivity index (χ1) is 3.81. The molecule has 0 aromatic carbocycles. The van der Waals surface area contributed by atoms with E-state index < -0.39 is 11.3 Å². The van der Waals surface area contributed by atoms with Crippen LogP contribution in [0.5, 0.6) is 0 Å². The van der Waals surface area contributed by atoms with E-state index in [0.717, 1.165) is 0 Å². The predicted octanol–water partition coefficient (Wildman–Crippen LogP) is 3.10. The van der Waals surface area contributed by atoms with E-state index >= 15 is 0 Å². The van der Waals surface area contributed by atoms with Gasteiger partial charge in [-0.1, -0.05) is 43.4 Å². The highest BCUT2D eigenvalue weighted by atomic mass is 127. The first-order valence-electron chi connectivity index (χ1n) is 2.75. The van der Waals surface area contributed by atoms with Gasteiger partial charge in [0.25, 0.3) is 5.92 Å². The van der Waals surface area contributed by atoms with E-state index in [1.807, 2.05) is 0 Å². The summed E-state index contributed by atoms with van der Waals surface area (Å²) in [4.78, 5) is 0. The highest BCUT2D eigenvalue weighted by Gasteiger charge is 2.41. The van der Waals surface area contributed by atoms with Crippen molar-refractivity contribution in [1.29, 1.82) is 0 Å². The molecule has 0 amide bonds. The molecule has 0 atom stereocenters. The maximum atomic E-state index is 12.7. The fourth-order valence-electron chi connectivity index (χ4n) is 0.200. The van der Waals surface area contributed by atoms with Gasteiger partial charge in [-0.2, -0.15) is 0 Å². The zero-order valence-electron chi connectivity index (χ0n) is 5.84. The molecule has 0 bridgehead atoms. The van der Waals surface area contributed by atoms with Crippen LogP contribution < -0.4 is 0 Å². The van der Waals surface area contributed by atoms with E-state index in [1.165, 1.54) is 0 Å². The van der Waals surface area contributed by atoms with E-state index in [1.54, 1.807) is 43.4 Å². The van der Waals surface area contributed by atoms with Crippen LogP contribution in [0.3, 0.4) is 0 Å². The Morgan fingerprint density at radius 3 is 1.56 bits per heavy atom. The zero-order valence-corrected chi connectivity index (χ0v) is 8.00. The predicted molar refractivity (Wildman–Crippen MR) is 43.3 cm³/mol. The van der Waals surface area contributed by atoms with Gasteiger partial charge in [-0.25, -0.2) is 8.78 Å². The number of halogens is 3. The van der Waals surface area contributed by atoms with Gasteiger partial charge in [-0.05, 0) is 0 Å². The lowest BCUT2D eigenvalue weighted by Gasteiger charge is -2.28. The third-order valence-electron chi connectivity index (χ3n) is 1.27. The smallest absolute Gasteiger partial charge is 0.205 e. The maximum absolute atomic E-state index is 12.7. The minimum Gasteiger partial charge on any atom is -0.205 e. The molecule has 0 saturated heterocycles. The summed E-state index contributed by atoms with van der Waals surface area (Å²) in [6, 6.07) is 0. The summed E-state index contributed by atoms with van der Waals surface area (Å²) in [5, 5.41) is 0. The second kappa shape index (κ2) is 2.68. The fourth-order valence-corrected chi connectivity index (χ4v) is 1.34. The molecule has 0 aliphatic rings. The van der Waals surface area contributed by atoms with Gasteiger partial charge in [-0.15, -0.1) is 0 Å². The number of rotatable bonds is 1. The van der Waals surface area contributed by atoms with Crippen LogP contribution in [0, 0.1) is 5.41 Å². The topological polar surface area (TPSA) is 0 Å². The second-order valence-electron chi connectivity index (χ2n) is 3.09. The normalized spacial score (nSPS) is 14.0. The zero-order chi connectivity index (χ0) is 7.71. The molecule has 0 heterocycles. The van der Waals surface area contributed by atoms with Gasteiger partial charge in [0.1, 0.15) is 0 Å². The molecule has 56 valence electrons. The number of hydrogen-bond donors (Lipinski definition) is 0. The Kier molecular flexibility index (Phi) is 2.86. The van der Waals surface area contributed by atoms with Gasteiger partial charge in [-0.3, -0.25) is 0 Å². The summed E-state index contributed by atoms with van der Waals surface area (Å²) in [6.45, 7) is 4.64. The molecule has 0 radical (unpaired) electrons. The van der Waals surface area contributed by atoms with E-state index in [0.29, 0.717) is 0 Å². The Hall–Kier alpha value is 0.590. The third kappa shape index (κ3) is 2.35. The molecule has 0 nitrogen and oxygen atoms in total. The minimum atomic E-state index is -2.53. The van der Waals surface area contributed by atoms with Gasteiger partial charge in [0.05, 0.1) is 4.43 Å². The van der Waals surface area contributed by atoms with Crippen LogP contribution in [-0.2, 0) is 0 Å². The van der Waals surface area contributed by atoms with E-state index in [4.69, 9.17) is 0 Å². The van der Waals surface area contributed by atoms with Gasteiger partial charge in [0.15, 0.2) is 0 Å². The van der Waals surface area contributed by atoms with Crippen molar-refractivity contribution in [3.63, 3.8) is 0 Å². The van der Waals surface area contributed by atoms with Crippen molar-refractivity contribution in [2.24, 2.45) is 5.41 Å². The van der Waals surface area contributed by atoms with Crippen molar-refractivity contribution in [2.45, 2.75) is 26.7 Å². The maximum Gasteiger partial charge on any atom is 0.261 e. The van der Waals surface area contributed by atoms with E-state index in [2.05, 4.69) is 0 Å². The fraction of sp³-hybridized carbons (Fsp3) is 1.00. The Morgan fingerprint density at radius 2 is 1.56 bits per heavy atom. The van der Waals surface area contributed by atoms with Crippen LogP contribution >= 0.6 is 22.6 Å². The summed E-state index contributed by atoms with van der Waals surface area (Å²) < 4.78 is 25.2. The summed E-state index contributed by atoms with van der Waals surface area (Å²) in [7, 11) is 0. The van der Waals surface area contributed by atoms with Crippen molar-refractivity contribution >= 4 is 22.6 Å². The van der Waals surface area contributed by atoms with Crippen molar-refractivity contribution in [1.82, 2.24) is 0 Å². The van der Waals surface area contributed by atoms with Crippen LogP contribution in [0.15, 0.2) is 0 Å². The lowest BCUT2D eigenvalue weighted by Crippen LogP contribution is -2.35. The molecular weight excluding hydrogens is 237 g/mol. The molecule has 0 aliphatic heterocycles. The Balaban J connectivity index is 4.14. The largest absolute Gasteiger partial charge is 0.261 e. The van der Waals surface area contributed by atoms with Crippen molar-refractivity contribution in [2.75, 3.05) is 4.43 Å². The quantitative estimate of drug-likeness (QED) is 0.494. The summed E-state index contributed by atoms with van der Waals surface area (Å²) in [6.07, 6.45) is 0. The second-order valence-corrected chi connectivity index (χ2v) is 3.85. The number of alkyl halides is 3. The Bertz CT molecular complexity index is 93.7. The molecular formula is C6H11F2I. The van der Waals surface area contributed by atoms with Gasteiger partial charge in [0.2, 0.25) is 0 Å². The van der Waals surface area contributed by atoms with Crippen molar-refractivity contribution < 1.29 is 8.78 Å². The molecule has 0 aliphatic carbocycles. The van der Waals surface area contributed by atoms with Gasteiger partial charge in [0, 0.05) is 5.41 Å². The van der Waals surface area contributed by atoms with Crippen LogP contribution in [0.2, 0.25) is 0 Å².